The van der Waals surface area contributed by atoms with Crippen molar-refractivity contribution in [1.82, 2.24) is 30.4 Å². The lowest BCUT2D eigenvalue weighted by molar-refractivity contribution is 0.596. The van der Waals surface area contributed by atoms with Gasteiger partial charge in [0, 0.05) is 31.1 Å². The van der Waals surface area contributed by atoms with Gasteiger partial charge < -0.3 is 15.2 Å². The summed E-state index contributed by atoms with van der Waals surface area (Å²) < 4.78 is 2.25. The molecule has 7 nitrogen and oxygen atoms in total. The maximum absolute atomic E-state index is 4.35. The van der Waals surface area contributed by atoms with Crippen LogP contribution in [-0.2, 0) is 26.1 Å². The minimum Gasteiger partial charge on any atom is -0.350 e. The van der Waals surface area contributed by atoms with E-state index in [4.69, 9.17) is 0 Å². The predicted octanol–water partition coefficient (Wildman–Crippen LogP) is 1.63. The fourth-order valence-corrected chi connectivity index (χ4v) is 3.43. The highest BCUT2D eigenvalue weighted by Crippen LogP contribution is 2.14. The molecule has 0 saturated carbocycles. The quantitative estimate of drug-likeness (QED) is 0.657. The first-order valence-corrected chi connectivity index (χ1v) is 8.84. The molecular weight excluding hydrogens is 310 g/mol. The largest absolute Gasteiger partial charge is 0.350 e. The normalized spacial score (nSPS) is 15.1. The predicted molar refractivity (Wildman–Crippen MR) is 91.5 cm³/mol. The molecule has 3 heterocycles. The average Bonchev–Trinajstić information content (AvgIpc) is 3.06. The Balaban J connectivity index is 1.55. The number of fused-ring (bicyclic) bond motifs is 1. The van der Waals surface area contributed by atoms with E-state index in [0.29, 0.717) is 13.1 Å². The van der Waals surface area contributed by atoms with Crippen LogP contribution in [0.1, 0.15) is 40.8 Å². The van der Waals surface area contributed by atoms with Gasteiger partial charge in [0.2, 0.25) is 0 Å². The van der Waals surface area contributed by atoms with E-state index in [-0.39, 0.29) is 0 Å². The van der Waals surface area contributed by atoms with Gasteiger partial charge in [-0.1, -0.05) is 6.42 Å². The summed E-state index contributed by atoms with van der Waals surface area (Å²) in [4.78, 5) is 9.82. The number of thiazole rings is 1. The summed E-state index contributed by atoms with van der Waals surface area (Å²) in [5.41, 5.74) is 0. The Kier molecular flexibility index (Phi) is 5.22. The first-order valence-electron chi connectivity index (χ1n) is 8.03. The van der Waals surface area contributed by atoms with Crippen molar-refractivity contribution in [2.45, 2.75) is 52.2 Å². The van der Waals surface area contributed by atoms with Crippen molar-refractivity contribution in [3.05, 3.63) is 27.7 Å². The van der Waals surface area contributed by atoms with Crippen molar-refractivity contribution < 1.29 is 0 Å². The lowest BCUT2D eigenvalue weighted by Gasteiger charge is -2.11. The Morgan fingerprint density at radius 2 is 2.13 bits per heavy atom. The van der Waals surface area contributed by atoms with Crippen LogP contribution in [0.5, 0.6) is 0 Å². The van der Waals surface area contributed by atoms with Crippen LogP contribution in [-0.4, -0.2) is 32.8 Å². The minimum atomic E-state index is 0.629. The number of guanidine groups is 1. The number of nitrogens with one attached hydrogen (secondary N) is 2. The molecule has 124 valence electrons. The molecule has 0 amide bonds. The van der Waals surface area contributed by atoms with Gasteiger partial charge in [0.1, 0.15) is 10.8 Å². The molecular formula is C15H23N7S. The Labute approximate surface area is 140 Å². The highest BCUT2D eigenvalue weighted by molar-refractivity contribution is 7.11. The van der Waals surface area contributed by atoms with Crippen molar-refractivity contribution in [1.29, 1.82) is 0 Å². The van der Waals surface area contributed by atoms with Gasteiger partial charge in [0.05, 0.1) is 13.1 Å². The molecule has 8 heteroatoms. The monoisotopic (exact) mass is 333 g/mol. The van der Waals surface area contributed by atoms with E-state index in [9.17, 15) is 0 Å². The second-order valence-electron chi connectivity index (χ2n) is 5.64. The van der Waals surface area contributed by atoms with Crippen molar-refractivity contribution in [2.75, 3.05) is 7.05 Å². The van der Waals surface area contributed by atoms with Gasteiger partial charge in [-0.15, -0.1) is 21.5 Å². The molecule has 2 N–H and O–H groups in total. The fraction of sp³-hybridized carbons (Fsp3) is 0.600. The summed E-state index contributed by atoms with van der Waals surface area (Å²) in [6, 6.07) is 0. The molecule has 0 fully saturated rings. The Hall–Kier alpha value is -1.96. The third-order valence-electron chi connectivity index (χ3n) is 3.90. The van der Waals surface area contributed by atoms with Crippen LogP contribution < -0.4 is 10.6 Å². The number of rotatable bonds is 4. The van der Waals surface area contributed by atoms with E-state index >= 15 is 0 Å². The number of hydrogen-bond acceptors (Lipinski definition) is 5. The maximum atomic E-state index is 4.35. The molecule has 0 bridgehead atoms. The molecule has 2 aromatic rings. The van der Waals surface area contributed by atoms with Gasteiger partial charge in [0.25, 0.3) is 0 Å². The summed E-state index contributed by atoms with van der Waals surface area (Å²) in [7, 11) is 1.77. The first kappa shape index (κ1) is 15.9. The second kappa shape index (κ2) is 7.54. The molecule has 0 aliphatic carbocycles. The average molecular weight is 333 g/mol. The molecule has 2 aromatic heterocycles. The zero-order valence-corrected chi connectivity index (χ0v) is 14.5. The smallest absolute Gasteiger partial charge is 0.191 e. The molecule has 1 aliphatic heterocycles. The molecule has 0 radical (unpaired) electrons. The van der Waals surface area contributed by atoms with E-state index < -0.39 is 0 Å². The topological polar surface area (TPSA) is 80.0 Å². The zero-order chi connectivity index (χ0) is 16.1. The molecule has 23 heavy (non-hydrogen) atoms. The Bertz CT molecular complexity index is 673. The summed E-state index contributed by atoms with van der Waals surface area (Å²) in [6.45, 7) is 4.38. The molecule has 0 unspecified atom stereocenters. The van der Waals surface area contributed by atoms with Gasteiger partial charge >= 0.3 is 0 Å². The minimum absolute atomic E-state index is 0.629. The first-order chi connectivity index (χ1) is 11.3. The van der Waals surface area contributed by atoms with E-state index in [0.717, 1.165) is 35.6 Å². The number of aryl methyl sites for hydroxylation is 2. The second-order valence-corrected chi connectivity index (χ2v) is 6.96. The molecule has 0 aromatic carbocycles. The van der Waals surface area contributed by atoms with Crippen LogP contribution in [0.15, 0.2) is 11.2 Å². The summed E-state index contributed by atoms with van der Waals surface area (Å²) in [5.74, 6) is 2.85. The van der Waals surface area contributed by atoms with Crippen LogP contribution >= 0.6 is 11.3 Å². The van der Waals surface area contributed by atoms with Crippen LogP contribution in [0.25, 0.3) is 0 Å². The summed E-state index contributed by atoms with van der Waals surface area (Å²) in [5, 5.41) is 16.3. The molecule has 0 spiro atoms. The standard InChI is InChI=1S/C15H23N7S/c1-11-8-17-14(23-11)10-19-15(16-2)18-9-13-21-20-12-6-4-3-5-7-22(12)13/h8H,3-7,9-10H2,1-2H3,(H2,16,18,19). The zero-order valence-electron chi connectivity index (χ0n) is 13.7. The lowest BCUT2D eigenvalue weighted by atomic mass is 10.2. The van der Waals surface area contributed by atoms with Gasteiger partial charge in [0.15, 0.2) is 11.8 Å². The summed E-state index contributed by atoms with van der Waals surface area (Å²) in [6.07, 6.45) is 6.61. The fourth-order valence-electron chi connectivity index (χ4n) is 2.70. The van der Waals surface area contributed by atoms with E-state index in [2.05, 4.69) is 42.3 Å². The van der Waals surface area contributed by atoms with Crippen LogP contribution in [0, 0.1) is 6.92 Å². The highest BCUT2D eigenvalue weighted by Gasteiger charge is 2.14. The van der Waals surface area contributed by atoms with Crippen LogP contribution in [0.4, 0.5) is 0 Å². The highest BCUT2D eigenvalue weighted by atomic mass is 32.1. The van der Waals surface area contributed by atoms with Gasteiger partial charge in [-0.05, 0) is 19.8 Å². The third kappa shape index (κ3) is 4.07. The van der Waals surface area contributed by atoms with Gasteiger partial charge in [-0.2, -0.15) is 0 Å². The maximum Gasteiger partial charge on any atom is 0.191 e. The Morgan fingerprint density at radius 3 is 2.91 bits per heavy atom. The molecule has 1 aliphatic rings. The molecule has 0 saturated heterocycles. The van der Waals surface area contributed by atoms with E-state index in [1.165, 1.54) is 24.1 Å². The van der Waals surface area contributed by atoms with Crippen LogP contribution in [0.2, 0.25) is 0 Å². The van der Waals surface area contributed by atoms with Gasteiger partial charge in [-0.3, -0.25) is 4.99 Å². The van der Waals surface area contributed by atoms with E-state index in [1.807, 2.05) is 6.20 Å². The van der Waals surface area contributed by atoms with Gasteiger partial charge in [-0.25, -0.2) is 4.98 Å². The van der Waals surface area contributed by atoms with Crippen LogP contribution in [0.3, 0.4) is 0 Å². The summed E-state index contributed by atoms with van der Waals surface area (Å²) >= 11 is 1.69. The van der Waals surface area contributed by atoms with Crippen molar-refractivity contribution in [3.63, 3.8) is 0 Å². The lowest BCUT2D eigenvalue weighted by Crippen LogP contribution is -2.37. The SMILES string of the molecule is CN=C(NCc1ncc(C)s1)NCc1nnc2n1CCCCC2. The number of aromatic nitrogens is 4. The number of hydrogen-bond donors (Lipinski definition) is 2. The molecule has 3 rings (SSSR count). The van der Waals surface area contributed by atoms with Crippen molar-refractivity contribution in [3.8, 4) is 0 Å². The number of nitrogens with zero attached hydrogens (tertiary/aromatic N) is 5. The van der Waals surface area contributed by atoms with E-state index in [1.54, 1.807) is 18.4 Å². The molecule has 0 atom stereocenters. The van der Waals surface area contributed by atoms with Crippen molar-refractivity contribution in [2.24, 2.45) is 4.99 Å². The Morgan fingerprint density at radius 1 is 1.26 bits per heavy atom. The number of aliphatic imine (C=N–C) groups is 1. The third-order valence-corrected chi connectivity index (χ3v) is 4.81. The van der Waals surface area contributed by atoms with Crippen molar-refractivity contribution >= 4 is 17.3 Å².